The summed E-state index contributed by atoms with van der Waals surface area (Å²) in [5.74, 6) is -1.33. The first-order chi connectivity index (χ1) is 6.59. The molecule has 0 fully saturated rings. The first-order valence-electron chi connectivity index (χ1n) is 4.03. The van der Waals surface area contributed by atoms with Gasteiger partial charge < -0.3 is 16.2 Å². The molecule has 5 heteroatoms. The molecule has 0 saturated carbocycles. The molecule has 1 aromatic rings. The molecule has 1 unspecified atom stereocenters. The van der Waals surface area contributed by atoms with Crippen LogP contribution in [0.5, 0.6) is 0 Å². The summed E-state index contributed by atoms with van der Waals surface area (Å²) in [5.41, 5.74) is 6.82. The summed E-state index contributed by atoms with van der Waals surface area (Å²) in [6, 6.07) is 3.63. The van der Waals surface area contributed by atoms with Crippen LogP contribution in [0.15, 0.2) is 18.2 Å². The quantitative estimate of drug-likeness (QED) is 0.598. The molecule has 1 amide bonds. The van der Waals surface area contributed by atoms with Gasteiger partial charge >= 0.3 is 5.97 Å². The van der Waals surface area contributed by atoms with Gasteiger partial charge in [-0.05, 0) is 18.2 Å². The maximum absolute atomic E-state index is 11.1. The summed E-state index contributed by atoms with van der Waals surface area (Å²) in [6.45, 7) is 0. The van der Waals surface area contributed by atoms with Crippen molar-refractivity contribution in [3.63, 3.8) is 0 Å². The van der Waals surface area contributed by atoms with Crippen molar-refractivity contribution in [2.45, 2.75) is 6.04 Å². The fourth-order valence-corrected chi connectivity index (χ4v) is 1.42. The van der Waals surface area contributed by atoms with E-state index in [9.17, 15) is 9.59 Å². The van der Waals surface area contributed by atoms with Gasteiger partial charge in [0.05, 0.1) is 5.56 Å². The van der Waals surface area contributed by atoms with Crippen LogP contribution in [0.1, 0.15) is 22.0 Å². The number of hydrogen-bond donors (Lipinski definition) is 3. The predicted octanol–water partition coefficient (Wildman–Crippen LogP) is 0.337. The van der Waals surface area contributed by atoms with Crippen molar-refractivity contribution in [3.05, 3.63) is 29.3 Å². The summed E-state index contributed by atoms with van der Waals surface area (Å²) < 4.78 is 0. The highest BCUT2D eigenvalue weighted by Crippen LogP contribution is 2.29. The molecule has 72 valence electrons. The van der Waals surface area contributed by atoms with Crippen molar-refractivity contribution >= 4 is 17.6 Å². The van der Waals surface area contributed by atoms with Gasteiger partial charge in [-0.2, -0.15) is 0 Å². The standard InChI is InChI=1S/C9H8N2O3/c10-7-5-3-4(9(13)14)1-2-6(5)11-8(7)12/h1-3,7H,10H2,(H,11,12)(H,13,14). The average molecular weight is 192 g/mol. The fourth-order valence-electron chi connectivity index (χ4n) is 1.42. The molecule has 4 N–H and O–H groups in total. The third-order valence-electron chi connectivity index (χ3n) is 2.17. The molecule has 0 radical (unpaired) electrons. The predicted molar refractivity (Wildman–Crippen MR) is 49.0 cm³/mol. The number of fused-ring (bicyclic) bond motifs is 1. The van der Waals surface area contributed by atoms with E-state index in [0.29, 0.717) is 11.3 Å². The number of hydrogen-bond acceptors (Lipinski definition) is 3. The van der Waals surface area contributed by atoms with Gasteiger partial charge in [-0.1, -0.05) is 0 Å². The number of carbonyl (C=O) groups is 2. The first kappa shape index (κ1) is 8.71. The monoisotopic (exact) mass is 192 g/mol. The average Bonchev–Trinajstić information content (AvgIpc) is 2.43. The van der Waals surface area contributed by atoms with Crippen LogP contribution in [0.25, 0.3) is 0 Å². The fraction of sp³-hybridized carbons (Fsp3) is 0.111. The molecule has 0 spiro atoms. The number of aromatic carboxylic acids is 1. The summed E-state index contributed by atoms with van der Waals surface area (Å²) in [7, 11) is 0. The number of rotatable bonds is 1. The van der Waals surface area contributed by atoms with Gasteiger partial charge in [-0.25, -0.2) is 4.79 Å². The van der Waals surface area contributed by atoms with Crippen molar-refractivity contribution in [1.82, 2.24) is 0 Å². The highest BCUT2D eigenvalue weighted by atomic mass is 16.4. The molecule has 0 aromatic heterocycles. The number of amides is 1. The Bertz CT molecular complexity index is 428. The Morgan fingerprint density at radius 2 is 2.21 bits per heavy atom. The molecule has 0 aliphatic carbocycles. The van der Waals surface area contributed by atoms with Gasteiger partial charge in [0.2, 0.25) is 5.91 Å². The molecule has 1 atom stereocenters. The number of anilines is 1. The minimum atomic E-state index is -1.03. The molecule has 1 aromatic carbocycles. The lowest BCUT2D eigenvalue weighted by Crippen LogP contribution is -2.19. The van der Waals surface area contributed by atoms with Gasteiger partial charge in [0.1, 0.15) is 6.04 Å². The molecule has 1 aliphatic heterocycles. The van der Waals surface area contributed by atoms with Gasteiger partial charge in [0, 0.05) is 11.3 Å². The molecule has 0 saturated heterocycles. The Labute approximate surface area is 79.5 Å². The van der Waals surface area contributed by atoms with Crippen molar-refractivity contribution in [2.75, 3.05) is 5.32 Å². The number of carboxylic acids is 1. The summed E-state index contributed by atoms with van der Waals surface area (Å²) in [5, 5.41) is 11.3. The largest absolute Gasteiger partial charge is 0.478 e. The molecule has 1 heterocycles. The third kappa shape index (κ3) is 1.14. The van der Waals surface area contributed by atoms with Crippen LogP contribution in [-0.4, -0.2) is 17.0 Å². The van der Waals surface area contributed by atoms with Gasteiger partial charge in [-0.15, -0.1) is 0 Å². The zero-order valence-corrected chi connectivity index (χ0v) is 7.15. The van der Waals surface area contributed by atoms with Crippen LogP contribution < -0.4 is 11.1 Å². The van der Waals surface area contributed by atoms with Crippen molar-refractivity contribution < 1.29 is 14.7 Å². The van der Waals surface area contributed by atoms with E-state index < -0.39 is 12.0 Å². The molecule has 1 aliphatic rings. The Morgan fingerprint density at radius 1 is 1.50 bits per heavy atom. The third-order valence-corrected chi connectivity index (χ3v) is 2.17. The van der Waals surface area contributed by atoms with E-state index >= 15 is 0 Å². The van der Waals surface area contributed by atoms with Gasteiger partial charge in [-0.3, -0.25) is 4.79 Å². The molecular formula is C9H8N2O3. The van der Waals surface area contributed by atoms with E-state index in [0.717, 1.165) is 0 Å². The van der Waals surface area contributed by atoms with E-state index in [1.54, 1.807) is 6.07 Å². The van der Waals surface area contributed by atoms with Crippen LogP contribution in [-0.2, 0) is 4.79 Å². The molecule has 5 nitrogen and oxygen atoms in total. The first-order valence-corrected chi connectivity index (χ1v) is 4.03. The number of carboxylic acid groups (broad SMARTS) is 1. The molecule has 14 heavy (non-hydrogen) atoms. The van der Waals surface area contributed by atoms with Gasteiger partial charge in [0.15, 0.2) is 0 Å². The number of carbonyl (C=O) groups excluding carboxylic acids is 1. The summed E-state index contributed by atoms with van der Waals surface area (Å²) in [6.07, 6.45) is 0. The Morgan fingerprint density at radius 3 is 2.86 bits per heavy atom. The topological polar surface area (TPSA) is 92.4 Å². The van der Waals surface area contributed by atoms with Crippen LogP contribution >= 0.6 is 0 Å². The summed E-state index contributed by atoms with van der Waals surface area (Å²) >= 11 is 0. The van der Waals surface area contributed by atoms with Crippen LogP contribution in [0.3, 0.4) is 0 Å². The molecule has 2 rings (SSSR count). The van der Waals surface area contributed by atoms with E-state index in [4.69, 9.17) is 10.8 Å². The van der Waals surface area contributed by atoms with Crippen LogP contribution in [0.4, 0.5) is 5.69 Å². The normalized spacial score (nSPS) is 18.9. The van der Waals surface area contributed by atoms with Gasteiger partial charge in [0.25, 0.3) is 0 Å². The van der Waals surface area contributed by atoms with E-state index in [1.165, 1.54) is 12.1 Å². The minimum Gasteiger partial charge on any atom is -0.478 e. The van der Waals surface area contributed by atoms with E-state index in [2.05, 4.69) is 5.32 Å². The second-order valence-electron chi connectivity index (χ2n) is 3.07. The van der Waals surface area contributed by atoms with Crippen molar-refractivity contribution in [3.8, 4) is 0 Å². The lowest BCUT2D eigenvalue weighted by molar-refractivity contribution is -0.116. The Hall–Kier alpha value is -1.88. The highest BCUT2D eigenvalue weighted by Gasteiger charge is 2.27. The second kappa shape index (κ2) is 2.81. The number of nitrogens with one attached hydrogen (secondary N) is 1. The van der Waals surface area contributed by atoms with E-state index in [1.807, 2.05) is 0 Å². The summed E-state index contributed by atoms with van der Waals surface area (Å²) in [4.78, 5) is 21.8. The number of benzene rings is 1. The Kier molecular flexibility index (Phi) is 1.75. The number of nitrogens with two attached hydrogens (primary N) is 1. The maximum Gasteiger partial charge on any atom is 0.335 e. The minimum absolute atomic E-state index is 0.135. The lowest BCUT2D eigenvalue weighted by Gasteiger charge is -2.01. The highest BCUT2D eigenvalue weighted by molar-refractivity contribution is 6.03. The second-order valence-corrected chi connectivity index (χ2v) is 3.07. The zero-order chi connectivity index (χ0) is 10.3. The molecule has 0 bridgehead atoms. The van der Waals surface area contributed by atoms with Crippen molar-refractivity contribution in [1.29, 1.82) is 0 Å². The Balaban J connectivity index is 2.51. The smallest absolute Gasteiger partial charge is 0.335 e. The maximum atomic E-state index is 11.1. The van der Waals surface area contributed by atoms with Crippen molar-refractivity contribution in [2.24, 2.45) is 5.73 Å². The zero-order valence-electron chi connectivity index (χ0n) is 7.15. The molecular weight excluding hydrogens is 184 g/mol. The SMILES string of the molecule is NC1C(=O)Nc2ccc(C(=O)O)cc21. The van der Waals surface area contributed by atoms with Crippen LogP contribution in [0, 0.1) is 0 Å². The van der Waals surface area contributed by atoms with Crippen LogP contribution in [0.2, 0.25) is 0 Å². The van der Waals surface area contributed by atoms with E-state index in [-0.39, 0.29) is 11.5 Å². The lowest BCUT2D eigenvalue weighted by atomic mass is 10.1.